The van der Waals surface area contributed by atoms with Gasteiger partial charge in [-0.15, -0.1) is 0 Å². The lowest BCUT2D eigenvalue weighted by Gasteiger charge is -2.10. The largest absolute Gasteiger partial charge is 0.393 e. The summed E-state index contributed by atoms with van der Waals surface area (Å²) in [6, 6.07) is 0. The Morgan fingerprint density at radius 2 is 2.12 bits per heavy atom. The third kappa shape index (κ3) is 5.82. The van der Waals surface area contributed by atoms with Gasteiger partial charge in [0.05, 0.1) is 6.10 Å². The fraction of sp³-hybridized carbons (Fsp3) is 0.800. The molecule has 8 heavy (non-hydrogen) atoms. The van der Waals surface area contributed by atoms with Crippen LogP contribution in [0.5, 0.6) is 0 Å². The lowest BCUT2D eigenvalue weighted by molar-refractivity contribution is -0.0172. The summed E-state index contributed by atoms with van der Waals surface area (Å²) < 4.78 is 23.5. The van der Waals surface area contributed by atoms with Crippen molar-refractivity contribution in [1.82, 2.24) is 0 Å². The summed E-state index contributed by atoms with van der Waals surface area (Å²) in [4.78, 5) is 0. The lowest BCUT2D eigenvalue weighted by Crippen LogP contribution is -2.17. The number of hydrogen-bond donors (Lipinski definition) is 1. The molecule has 0 rings (SSSR count). The van der Waals surface area contributed by atoms with Gasteiger partial charge in [0.25, 0.3) is 0 Å². The van der Waals surface area contributed by atoms with Gasteiger partial charge in [-0.2, -0.15) is 0 Å². The summed E-state index contributed by atoms with van der Waals surface area (Å²) in [7, 11) is 0. The molecule has 1 unspecified atom stereocenters. The van der Waals surface area contributed by atoms with Gasteiger partial charge in [-0.1, -0.05) is 0 Å². The molecule has 0 saturated heterocycles. The Balaban J connectivity index is 3.39. The van der Waals surface area contributed by atoms with Crippen LogP contribution in [0.1, 0.15) is 13.3 Å². The highest BCUT2D eigenvalue weighted by Crippen LogP contribution is 2.17. The lowest BCUT2D eigenvalue weighted by atomic mass is 10.2. The summed E-state index contributed by atoms with van der Waals surface area (Å²) in [5, 5.41) is 8.30. The van der Waals surface area contributed by atoms with Crippen molar-refractivity contribution in [3.8, 4) is 0 Å². The highest BCUT2D eigenvalue weighted by molar-refractivity contribution is 4.66. The second kappa shape index (κ2) is 2.40. The maximum Gasteiger partial charge on any atom is 0.247 e. The molecule has 0 aromatic rings. The van der Waals surface area contributed by atoms with Crippen molar-refractivity contribution in [2.45, 2.75) is 25.4 Å². The van der Waals surface area contributed by atoms with E-state index in [1.54, 1.807) is 0 Å². The minimum Gasteiger partial charge on any atom is -0.393 e. The molecule has 0 aromatic heterocycles. The second-order valence-corrected chi connectivity index (χ2v) is 1.93. The minimum absolute atomic E-state index is 0.562. The molecule has 0 aromatic carbocycles. The van der Waals surface area contributed by atoms with Crippen LogP contribution >= 0.6 is 0 Å². The van der Waals surface area contributed by atoms with Gasteiger partial charge < -0.3 is 5.11 Å². The van der Waals surface area contributed by atoms with Gasteiger partial charge in [0.15, 0.2) is 0 Å². The van der Waals surface area contributed by atoms with Crippen LogP contribution in [0.4, 0.5) is 8.78 Å². The Kier molecular flexibility index (Phi) is 2.34. The molecule has 49 valence electrons. The molecule has 0 aliphatic heterocycles. The number of halogens is 2. The van der Waals surface area contributed by atoms with E-state index < -0.39 is 18.4 Å². The number of rotatable bonds is 2. The summed E-state index contributed by atoms with van der Waals surface area (Å²) in [6.07, 6.45) is -1.72. The van der Waals surface area contributed by atoms with Gasteiger partial charge in [0.1, 0.15) is 0 Å². The molecule has 1 atom stereocenters. The quantitative estimate of drug-likeness (QED) is 0.585. The normalized spacial score (nSPS) is 16.1. The Morgan fingerprint density at radius 3 is 2.12 bits per heavy atom. The Hall–Kier alpha value is -0.180. The molecule has 0 bridgehead atoms. The van der Waals surface area contributed by atoms with Crippen LogP contribution in [0, 0.1) is 6.92 Å². The van der Waals surface area contributed by atoms with E-state index in [0.717, 1.165) is 6.92 Å². The first-order valence-corrected chi connectivity index (χ1v) is 2.31. The molecular weight excluding hydrogens is 114 g/mol. The van der Waals surface area contributed by atoms with Crippen LogP contribution in [0.25, 0.3) is 0 Å². The predicted octanol–water partition coefficient (Wildman–Crippen LogP) is 1.23. The maximum atomic E-state index is 11.8. The molecule has 0 spiro atoms. The zero-order chi connectivity index (χ0) is 6.78. The number of alkyl halides is 2. The van der Waals surface area contributed by atoms with Gasteiger partial charge >= 0.3 is 0 Å². The fourth-order valence-electron chi connectivity index (χ4n) is 0.414. The molecule has 1 radical (unpaired) electrons. The average molecular weight is 123 g/mol. The zero-order valence-electron chi connectivity index (χ0n) is 4.69. The van der Waals surface area contributed by atoms with E-state index in [1.807, 2.05) is 0 Å². The van der Waals surface area contributed by atoms with E-state index in [4.69, 9.17) is 5.11 Å². The third-order valence-corrected chi connectivity index (χ3v) is 0.594. The fourth-order valence-corrected chi connectivity index (χ4v) is 0.414. The molecule has 0 amide bonds. The summed E-state index contributed by atoms with van der Waals surface area (Å²) in [6.45, 7) is 3.75. The second-order valence-electron chi connectivity index (χ2n) is 1.93. The van der Waals surface area contributed by atoms with Crippen molar-refractivity contribution < 1.29 is 13.9 Å². The van der Waals surface area contributed by atoms with Gasteiger partial charge in [-0.25, -0.2) is 8.78 Å². The first kappa shape index (κ1) is 7.82. The molecule has 0 aliphatic rings. The van der Waals surface area contributed by atoms with Crippen LogP contribution in [-0.4, -0.2) is 17.1 Å². The van der Waals surface area contributed by atoms with Gasteiger partial charge in [0.2, 0.25) is 5.92 Å². The van der Waals surface area contributed by atoms with Crippen LogP contribution < -0.4 is 0 Å². The topological polar surface area (TPSA) is 20.2 Å². The average Bonchev–Trinajstić information content (AvgIpc) is 1.21. The molecule has 0 aliphatic carbocycles. The highest BCUT2D eigenvalue weighted by atomic mass is 19.3. The van der Waals surface area contributed by atoms with Crippen LogP contribution in [0.2, 0.25) is 0 Å². The monoisotopic (exact) mass is 123 g/mol. The zero-order valence-corrected chi connectivity index (χ0v) is 4.69. The molecule has 3 heteroatoms. The third-order valence-electron chi connectivity index (χ3n) is 0.594. The number of aliphatic hydroxyl groups is 1. The minimum atomic E-state index is -2.79. The molecule has 0 fully saturated rings. The maximum absolute atomic E-state index is 11.8. The Labute approximate surface area is 47.3 Å². The van der Waals surface area contributed by atoms with Crippen LogP contribution in [-0.2, 0) is 0 Å². The standard InChI is InChI=1S/C5H9F2O/c1-4(8)3-5(2,6)7/h4,8H,1,3H2,2H3. The molecular formula is C5H9F2O. The van der Waals surface area contributed by atoms with Gasteiger partial charge in [-0.05, 0) is 13.8 Å². The number of aliphatic hydroxyl groups excluding tert-OH is 1. The first-order chi connectivity index (χ1) is 3.42. The summed E-state index contributed by atoms with van der Waals surface area (Å²) in [5.74, 6) is -2.79. The van der Waals surface area contributed by atoms with Crippen molar-refractivity contribution in [2.24, 2.45) is 0 Å². The summed E-state index contributed by atoms with van der Waals surface area (Å²) >= 11 is 0. The molecule has 0 heterocycles. The number of hydrogen-bond acceptors (Lipinski definition) is 1. The first-order valence-electron chi connectivity index (χ1n) is 2.31. The SMILES string of the molecule is [CH2]C(O)CC(C)(F)F. The smallest absolute Gasteiger partial charge is 0.247 e. The van der Waals surface area contributed by atoms with Crippen LogP contribution in [0.15, 0.2) is 0 Å². The van der Waals surface area contributed by atoms with E-state index >= 15 is 0 Å². The van der Waals surface area contributed by atoms with E-state index in [-0.39, 0.29) is 0 Å². The molecule has 1 N–H and O–H groups in total. The van der Waals surface area contributed by atoms with E-state index in [9.17, 15) is 8.78 Å². The van der Waals surface area contributed by atoms with Gasteiger partial charge in [0, 0.05) is 6.42 Å². The van der Waals surface area contributed by atoms with E-state index in [1.165, 1.54) is 0 Å². The molecule has 1 nitrogen and oxygen atoms in total. The van der Waals surface area contributed by atoms with Crippen molar-refractivity contribution in [1.29, 1.82) is 0 Å². The molecule has 0 saturated carbocycles. The predicted molar refractivity (Wildman–Crippen MR) is 26.6 cm³/mol. The van der Waals surface area contributed by atoms with Crippen molar-refractivity contribution in [3.05, 3.63) is 6.92 Å². The summed E-state index contributed by atoms with van der Waals surface area (Å²) in [5.41, 5.74) is 0. The van der Waals surface area contributed by atoms with Crippen molar-refractivity contribution in [3.63, 3.8) is 0 Å². The highest BCUT2D eigenvalue weighted by Gasteiger charge is 2.22. The van der Waals surface area contributed by atoms with Gasteiger partial charge in [-0.3, -0.25) is 0 Å². The van der Waals surface area contributed by atoms with Crippen molar-refractivity contribution >= 4 is 0 Å². The Bertz CT molecular complexity index is 65.3. The van der Waals surface area contributed by atoms with E-state index in [2.05, 4.69) is 6.92 Å². The van der Waals surface area contributed by atoms with Crippen LogP contribution in [0.3, 0.4) is 0 Å². The Morgan fingerprint density at radius 1 is 1.75 bits per heavy atom. The van der Waals surface area contributed by atoms with Crippen molar-refractivity contribution in [2.75, 3.05) is 0 Å². The van der Waals surface area contributed by atoms with E-state index in [0.29, 0.717) is 0 Å².